The normalized spacial score (nSPS) is 10.7. The van der Waals surface area contributed by atoms with Gasteiger partial charge in [-0.05, 0) is 30.2 Å². The number of hydrogen-bond donors (Lipinski definition) is 1. The van der Waals surface area contributed by atoms with E-state index in [0.29, 0.717) is 18.0 Å². The van der Waals surface area contributed by atoms with Crippen molar-refractivity contribution in [1.29, 1.82) is 0 Å². The fraction of sp³-hybridized carbons (Fsp3) is 0.429. The van der Waals surface area contributed by atoms with Crippen molar-refractivity contribution < 1.29 is 13.5 Å². The van der Waals surface area contributed by atoms with Gasteiger partial charge in [0.25, 0.3) is 0 Å². The van der Waals surface area contributed by atoms with Crippen LogP contribution in [0.5, 0.6) is 5.75 Å². The average molecular weight is 255 g/mol. The molecule has 0 aromatic heterocycles. The standard InChI is InChI=1S/C14H19F2NO/c1-4-5-18-14-12(15)6-11(7-13(14)16)9-17-8-10(2)3/h4,6-7,10,17H,1,5,8-9H2,2-3H3. The highest BCUT2D eigenvalue weighted by atomic mass is 19.1. The number of nitrogens with one attached hydrogen (secondary N) is 1. The smallest absolute Gasteiger partial charge is 0.191 e. The van der Waals surface area contributed by atoms with E-state index in [0.717, 1.165) is 6.54 Å². The zero-order valence-corrected chi connectivity index (χ0v) is 10.8. The molecule has 0 amide bonds. The van der Waals surface area contributed by atoms with Crippen LogP contribution in [0.2, 0.25) is 0 Å². The van der Waals surface area contributed by atoms with Crippen molar-refractivity contribution in [3.8, 4) is 5.75 Å². The number of hydrogen-bond acceptors (Lipinski definition) is 2. The summed E-state index contributed by atoms with van der Waals surface area (Å²) in [6.45, 7) is 8.89. The third kappa shape index (κ3) is 4.45. The van der Waals surface area contributed by atoms with Gasteiger partial charge in [-0.15, -0.1) is 0 Å². The maximum Gasteiger partial charge on any atom is 0.191 e. The van der Waals surface area contributed by atoms with Crippen molar-refractivity contribution in [3.63, 3.8) is 0 Å². The molecular formula is C14H19F2NO. The molecule has 0 aliphatic heterocycles. The minimum Gasteiger partial charge on any atom is -0.483 e. The molecule has 2 nitrogen and oxygen atoms in total. The van der Waals surface area contributed by atoms with Gasteiger partial charge in [0.05, 0.1) is 0 Å². The molecule has 0 aliphatic carbocycles. The van der Waals surface area contributed by atoms with Gasteiger partial charge in [-0.25, -0.2) is 8.78 Å². The minimum absolute atomic E-state index is 0.0821. The Morgan fingerprint density at radius 1 is 1.33 bits per heavy atom. The van der Waals surface area contributed by atoms with Crippen LogP contribution < -0.4 is 10.1 Å². The summed E-state index contributed by atoms with van der Waals surface area (Å²) in [5.41, 5.74) is 0.566. The predicted octanol–water partition coefficient (Wildman–Crippen LogP) is 3.28. The summed E-state index contributed by atoms with van der Waals surface area (Å²) in [5.74, 6) is -1.21. The zero-order chi connectivity index (χ0) is 13.5. The van der Waals surface area contributed by atoms with Crippen LogP contribution in [0.3, 0.4) is 0 Å². The van der Waals surface area contributed by atoms with Crippen LogP contribution in [0.15, 0.2) is 24.8 Å². The van der Waals surface area contributed by atoms with Crippen LogP contribution in [0, 0.1) is 17.6 Å². The molecular weight excluding hydrogens is 236 g/mol. The summed E-state index contributed by atoms with van der Waals surface area (Å²) in [5, 5.41) is 3.13. The van der Waals surface area contributed by atoms with E-state index in [1.165, 1.54) is 18.2 Å². The summed E-state index contributed by atoms with van der Waals surface area (Å²) >= 11 is 0. The van der Waals surface area contributed by atoms with E-state index >= 15 is 0 Å². The first-order valence-corrected chi connectivity index (χ1v) is 5.97. The van der Waals surface area contributed by atoms with Crippen LogP contribution in [-0.4, -0.2) is 13.2 Å². The average Bonchev–Trinajstić information content (AvgIpc) is 2.27. The Morgan fingerprint density at radius 2 is 1.94 bits per heavy atom. The summed E-state index contributed by atoms with van der Waals surface area (Å²) in [7, 11) is 0. The molecule has 100 valence electrons. The summed E-state index contributed by atoms with van der Waals surface area (Å²) in [6.07, 6.45) is 1.44. The molecule has 0 bridgehead atoms. The van der Waals surface area contributed by atoms with Crippen LogP contribution in [0.1, 0.15) is 19.4 Å². The lowest BCUT2D eigenvalue weighted by molar-refractivity contribution is 0.320. The van der Waals surface area contributed by atoms with Crippen molar-refractivity contribution in [1.82, 2.24) is 5.32 Å². The molecule has 0 aliphatic rings. The van der Waals surface area contributed by atoms with Gasteiger partial charge >= 0.3 is 0 Å². The molecule has 1 rings (SSSR count). The Hall–Kier alpha value is -1.42. The molecule has 1 N–H and O–H groups in total. The highest BCUT2D eigenvalue weighted by Gasteiger charge is 2.12. The topological polar surface area (TPSA) is 21.3 Å². The van der Waals surface area contributed by atoms with E-state index in [1.54, 1.807) is 0 Å². The van der Waals surface area contributed by atoms with Gasteiger partial charge in [0.2, 0.25) is 0 Å². The number of ether oxygens (including phenoxy) is 1. The SMILES string of the molecule is C=CCOc1c(F)cc(CNCC(C)C)cc1F. The van der Waals surface area contributed by atoms with Crippen LogP contribution in [0.4, 0.5) is 8.78 Å². The molecule has 4 heteroatoms. The second kappa shape index (κ2) is 7.11. The van der Waals surface area contributed by atoms with Crippen LogP contribution >= 0.6 is 0 Å². The fourth-order valence-corrected chi connectivity index (χ4v) is 1.50. The Kier molecular flexibility index (Phi) is 5.78. The second-order valence-electron chi connectivity index (χ2n) is 4.51. The quantitative estimate of drug-likeness (QED) is 0.755. The molecule has 0 saturated carbocycles. The second-order valence-corrected chi connectivity index (χ2v) is 4.51. The van der Waals surface area contributed by atoms with E-state index < -0.39 is 11.6 Å². The van der Waals surface area contributed by atoms with E-state index in [-0.39, 0.29) is 12.4 Å². The first-order valence-electron chi connectivity index (χ1n) is 5.97. The van der Waals surface area contributed by atoms with Gasteiger partial charge in [-0.1, -0.05) is 26.5 Å². The Labute approximate surface area is 107 Å². The molecule has 0 spiro atoms. The molecule has 18 heavy (non-hydrogen) atoms. The monoisotopic (exact) mass is 255 g/mol. The highest BCUT2D eigenvalue weighted by Crippen LogP contribution is 2.23. The first kappa shape index (κ1) is 14.6. The third-order valence-electron chi connectivity index (χ3n) is 2.29. The molecule has 0 fully saturated rings. The van der Waals surface area contributed by atoms with E-state index in [4.69, 9.17) is 4.74 Å². The summed E-state index contributed by atoms with van der Waals surface area (Å²) in [4.78, 5) is 0. The van der Waals surface area contributed by atoms with Gasteiger partial charge in [0.15, 0.2) is 17.4 Å². The molecule has 0 heterocycles. The van der Waals surface area contributed by atoms with Gasteiger partial charge in [-0.3, -0.25) is 0 Å². The van der Waals surface area contributed by atoms with Crippen molar-refractivity contribution in [2.45, 2.75) is 20.4 Å². The largest absolute Gasteiger partial charge is 0.483 e. The minimum atomic E-state index is -0.682. The number of benzene rings is 1. The van der Waals surface area contributed by atoms with E-state index in [2.05, 4.69) is 25.7 Å². The number of rotatable bonds is 7. The molecule has 0 saturated heterocycles. The lowest BCUT2D eigenvalue weighted by Gasteiger charge is -2.10. The molecule has 0 atom stereocenters. The molecule has 1 aromatic rings. The first-order chi connectivity index (χ1) is 8.54. The summed E-state index contributed by atoms with van der Waals surface area (Å²) < 4.78 is 32.1. The third-order valence-corrected chi connectivity index (χ3v) is 2.29. The van der Waals surface area contributed by atoms with Gasteiger partial charge in [0.1, 0.15) is 6.61 Å². The maximum atomic E-state index is 13.6. The molecule has 0 unspecified atom stereocenters. The lowest BCUT2D eigenvalue weighted by Crippen LogP contribution is -2.19. The highest BCUT2D eigenvalue weighted by molar-refractivity contribution is 5.31. The van der Waals surface area contributed by atoms with E-state index in [9.17, 15) is 8.78 Å². The van der Waals surface area contributed by atoms with Gasteiger partial charge < -0.3 is 10.1 Å². The van der Waals surface area contributed by atoms with Gasteiger partial charge in [0, 0.05) is 6.54 Å². The van der Waals surface area contributed by atoms with Crippen molar-refractivity contribution in [2.24, 2.45) is 5.92 Å². The zero-order valence-electron chi connectivity index (χ0n) is 10.8. The molecule has 1 aromatic carbocycles. The van der Waals surface area contributed by atoms with Crippen LogP contribution in [-0.2, 0) is 6.54 Å². The van der Waals surface area contributed by atoms with Crippen molar-refractivity contribution >= 4 is 0 Å². The summed E-state index contributed by atoms with van der Waals surface area (Å²) in [6, 6.07) is 2.57. The van der Waals surface area contributed by atoms with Crippen molar-refractivity contribution in [2.75, 3.05) is 13.2 Å². The molecule has 0 radical (unpaired) electrons. The van der Waals surface area contributed by atoms with E-state index in [1.807, 2.05) is 0 Å². The fourth-order valence-electron chi connectivity index (χ4n) is 1.50. The Balaban J connectivity index is 2.69. The van der Waals surface area contributed by atoms with Crippen LogP contribution in [0.25, 0.3) is 0 Å². The predicted molar refractivity (Wildman–Crippen MR) is 68.6 cm³/mol. The Morgan fingerprint density at radius 3 is 2.44 bits per heavy atom. The maximum absolute atomic E-state index is 13.6. The van der Waals surface area contributed by atoms with Crippen molar-refractivity contribution in [3.05, 3.63) is 42.0 Å². The van der Waals surface area contributed by atoms with Gasteiger partial charge in [-0.2, -0.15) is 0 Å². The number of halogens is 2. The Bertz CT molecular complexity index is 382. The lowest BCUT2D eigenvalue weighted by atomic mass is 10.1.